The lowest BCUT2D eigenvalue weighted by Gasteiger charge is -2.41. The largest absolute Gasteiger partial charge is 0.481 e. The highest BCUT2D eigenvalue weighted by molar-refractivity contribution is 5.79. The first-order chi connectivity index (χ1) is 9.90. The van der Waals surface area contributed by atoms with Crippen LogP contribution in [0.3, 0.4) is 0 Å². The molecule has 0 aliphatic carbocycles. The SMILES string of the molecule is CCN(CC(C)C#N)C(=O)N1CCCC(CC)(C(=O)O)C1. The number of nitriles is 1. The molecular formula is C15H25N3O3. The van der Waals surface area contributed by atoms with Crippen molar-refractivity contribution in [3.8, 4) is 6.07 Å². The number of hydrogen-bond donors (Lipinski definition) is 1. The van der Waals surface area contributed by atoms with Crippen LogP contribution in [-0.4, -0.2) is 53.1 Å². The predicted molar refractivity (Wildman–Crippen MR) is 78.6 cm³/mol. The van der Waals surface area contributed by atoms with Crippen molar-refractivity contribution in [2.24, 2.45) is 11.3 Å². The van der Waals surface area contributed by atoms with Crippen molar-refractivity contribution >= 4 is 12.0 Å². The van der Waals surface area contributed by atoms with Crippen LogP contribution in [-0.2, 0) is 4.79 Å². The van der Waals surface area contributed by atoms with Crippen LogP contribution in [0.5, 0.6) is 0 Å². The van der Waals surface area contributed by atoms with E-state index in [4.69, 9.17) is 5.26 Å². The molecule has 1 aliphatic heterocycles. The summed E-state index contributed by atoms with van der Waals surface area (Å²) >= 11 is 0. The van der Waals surface area contributed by atoms with Crippen molar-refractivity contribution in [2.45, 2.75) is 40.0 Å². The average molecular weight is 295 g/mol. The topological polar surface area (TPSA) is 84.6 Å². The summed E-state index contributed by atoms with van der Waals surface area (Å²) in [6.07, 6.45) is 1.84. The number of urea groups is 1. The summed E-state index contributed by atoms with van der Waals surface area (Å²) in [5, 5.41) is 18.4. The van der Waals surface area contributed by atoms with Crippen LogP contribution in [0.25, 0.3) is 0 Å². The quantitative estimate of drug-likeness (QED) is 0.842. The average Bonchev–Trinajstić information content (AvgIpc) is 2.51. The van der Waals surface area contributed by atoms with Gasteiger partial charge in [0, 0.05) is 26.2 Å². The molecule has 21 heavy (non-hydrogen) atoms. The molecule has 2 amide bonds. The smallest absolute Gasteiger partial charge is 0.320 e. The third-order valence-electron chi connectivity index (χ3n) is 4.34. The Labute approximate surface area is 126 Å². The van der Waals surface area contributed by atoms with E-state index in [0.717, 1.165) is 0 Å². The van der Waals surface area contributed by atoms with Crippen molar-refractivity contribution in [2.75, 3.05) is 26.2 Å². The molecule has 0 bridgehead atoms. The Hall–Kier alpha value is -1.77. The van der Waals surface area contributed by atoms with Crippen molar-refractivity contribution in [3.63, 3.8) is 0 Å². The van der Waals surface area contributed by atoms with Gasteiger partial charge in [-0.3, -0.25) is 4.79 Å². The lowest BCUT2D eigenvalue weighted by molar-refractivity contribution is -0.152. The first-order valence-corrected chi connectivity index (χ1v) is 7.57. The minimum Gasteiger partial charge on any atom is -0.481 e. The number of amides is 2. The van der Waals surface area contributed by atoms with E-state index in [1.807, 2.05) is 13.8 Å². The molecule has 2 atom stereocenters. The molecule has 0 aromatic carbocycles. The molecule has 0 aromatic rings. The number of likely N-dealkylation sites (tertiary alicyclic amines) is 1. The summed E-state index contributed by atoms with van der Waals surface area (Å²) < 4.78 is 0. The molecule has 1 aliphatic rings. The summed E-state index contributed by atoms with van der Waals surface area (Å²) in [4.78, 5) is 27.4. The standard InChI is InChI=1S/C15H25N3O3/c1-4-15(13(19)20)7-6-8-18(11-15)14(21)17(5-2)10-12(3)9-16/h12H,4-8,10-11H2,1-3H3,(H,19,20). The maximum atomic E-state index is 12.6. The van der Waals surface area contributed by atoms with Crippen molar-refractivity contribution in [3.05, 3.63) is 0 Å². The van der Waals surface area contributed by atoms with Crippen LogP contribution in [0, 0.1) is 22.7 Å². The molecule has 118 valence electrons. The van der Waals surface area contributed by atoms with Gasteiger partial charge >= 0.3 is 12.0 Å². The predicted octanol–water partition coefficient (Wildman–Crippen LogP) is 2.16. The van der Waals surface area contributed by atoms with Crippen LogP contribution < -0.4 is 0 Å². The van der Waals surface area contributed by atoms with Gasteiger partial charge in [0.25, 0.3) is 0 Å². The zero-order chi connectivity index (χ0) is 16.0. The molecule has 6 nitrogen and oxygen atoms in total. The first kappa shape index (κ1) is 17.3. The van der Waals surface area contributed by atoms with Gasteiger partial charge in [0.15, 0.2) is 0 Å². The van der Waals surface area contributed by atoms with Crippen LogP contribution in [0.15, 0.2) is 0 Å². The zero-order valence-corrected chi connectivity index (χ0v) is 13.1. The fraction of sp³-hybridized carbons (Fsp3) is 0.800. The van der Waals surface area contributed by atoms with Crippen molar-refractivity contribution < 1.29 is 14.7 Å². The van der Waals surface area contributed by atoms with Crippen molar-refractivity contribution in [1.29, 1.82) is 5.26 Å². The van der Waals surface area contributed by atoms with Gasteiger partial charge in [0.1, 0.15) is 0 Å². The number of aliphatic carboxylic acids is 1. The summed E-state index contributed by atoms with van der Waals surface area (Å²) in [6, 6.07) is 1.97. The Morgan fingerprint density at radius 3 is 2.62 bits per heavy atom. The summed E-state index contributed by atoms with van der Waals surface area (Å²) in [6.45, 7) is 7.26. The highest BCUT2D eigenvalue weighted by Gasteiger charge is 2.42. The minimum atomic E-state index is -0.825. The summed E-state index contributed by atoms with van der Waals surface area (Å²) in [5.74, 6) is -1.05. The van der Waals surface area contributed by atoms with E-state index in [1.54, 1.807) is 16.7 Å². The second kappa shape index (κ2) is 7.30. The van der Waals surface area contributed by atoms with Crippen LogP contribution in [0.1, 0.15) is 40.0 Å². The molecule has 1 heterocycles. The third kappa shape index (κ3) is 3.87. The monoisotopic (exact) mass is 295 g/mol. The molecule has 0 aromatic heterocycles. The Morgan fingerprint density at radius 2 is 2.14 bits per heavy atom. The molecule has 1 N–H and O–H groups in total. The minimum absolute atomic E-state index is 0.154. The molecule has 6 heteroatoms. The number of piperidine rings is 1. The molecule has 1 fully saturated rings. The van der Waals surface area contributed by atoms with E-state index in [1.165, 1.54) is 0 Å². The number of carboxylic acids is 1. The Balaban J connectivity index is 2.81. The molecule has 0 radical (unpaired) electrons. The van der Waals surface area contributed by atoms with E-state index >= 15 is 0 Å². The van der Waals surface area contributed by atoms with Gasteiger partial charge in [-0.15, -0.1) is 0 Å². The molecule has 1 rings (SSSR count). The van der Waals surface area contributed by atoms with Crippen molar-refractivity contribution in [1.82, 2.24) is 9.80 Å². The third-order valence-corrected chi connectivity index (χ3v) is 4.34. The van der Waals surface area contributed by atoms with Gasteiger partial charge in [0.05, 0.1) is 17.4 Å². The molecule has 2 unspecified atom stereocenters. The number of carbonyl (C=O) groups excluding carboxylic acids is 1. The van der Waals surface area contributed by atoms with Gasteiger partial charge in [-0.2, -0.15) is 5.26 Å². The van der Waals surface area contributed by atoms with E-state index in [9.17, 15) is 14.7 Å². The van der Waals surface area contributed by atoms with Gasteiger partial charge in [0.2, 0.25) is 0 Å². The van der Waals surface area contributed by atoms with Crippen LogP contribution in [0.2, 0.25) is 0 Å². The molecule has 0 spiro atoms. The second-order valence-electron chi connectivity index (χ2n) is 5.82. The Bertz CT molecular complexity index is 432. The van der Waals surface area contributed by atoms with E-state index < -0.39 is 11.4 Å². The van der Waals surface area contributed by atoms with Gasteiger partial charge in [-0.25, -0.2) is 4.79 Å². The Morgan fingerprint density at radius 1 is 1.48 bits per heavy atom. The van der Waals surface area contributed by atoms with Gasteiger partial charge in [-0.05, 0) is 33.1 Å². The zero-order valence-electron chi connectivity index (χ0n) is 13.1. The first-order valence-electron chi connectivity index (χ1n) is 7.57. The van der Waals surface area contributed by atoms with Crippen LogP contribution >= 0.6 is 0 Å². The summed E-state index contributed by atoms with van der Waals surface area (Å²) in [5.41, 5.74) is -0.825. The molecular weight excluding hydrogens is 270 g/mol. The second-order valence-corrected chi connectivity index (χ2v) is 5.82. The van der Waals surface area contributed by atoms with Gasteiger partial charge in [-0.1, -0.05) is 6.92 Å². The number of hydrogen-bond acceptors (Lipinski definition) is 3. The van der Waals surface area contributed by atoms with E-state index in [0.29, 0.717) is 38.9 Å². The molecule has 0 saturated carbocycles. The fourth-order valence-electron chi connectivity index (χ4n) is 2.82. The maximum absolute atomic E-state index is 12.6. The normalized spacial score (nSPS) is 23.2. The fourth-order valence-corrected chi connectivity index (χ4v) is 2.82. The summed E-state index contributed by atoms with van der Waals surface area (Å²) in [7, 11) is 0. The number of rotatable bonds is 5. The number of nitrogens with zero attached hydrogens (tertiary/aromatic N) is 3. The van der Waals surface area contributed by atoms with E-state index in [-0.39, 0.29) is 18.5 Å². The van der Waals surface area contributed by atoms with Gasteiger partial charge < -0.3 is 14.9 Å². The maximum Gasteiger partial charge on any atom is 0.320 e. The lowest BCUT2D eigenvalue weighted by Crippen LogP contribution is -2.53. The lowest BCUT2D eigenvalue weighted by atomic mass is 9.78. The highest BCUT2D eigenvalue weighted by Crippen LogP contribution is 2.34. The Kier molecular flexibility index (Phi) is 6.01. The van der Waals surface area contributed by atoms with Crippen LogP contribution in [0.4, 0.5) is 4.79 Å². The number of carbonyl (C=O) groups is 2. The van der Waals surface area contributed by atoms with E-state index in [2.05, 4.69) is 6.07 Å². The molecule has 1 saturated heterocycles. The number of carboxylic acid groups (broad SMARTS) is 1. The highest BCUT2D eigenvalue weighted by atomic mass is 16.4.